The lowest BCUT2D eigenvalue weighted by molar-refractivity contribution is -0.167. The van der Waals surface area contributed by atoms with Crippen LogP contribution in [0.3, 0.4) is 0 Å². The van der Waals surface area contributed by atoms with Crippen LogP contribution in [0.15, 0.2) is 24.3 Å². The van der Waals surface area contributed by atoms with Gasteiger partial charge in [0.15, 0.2) is 6.10 Å². The van der Waals surface area contributed by atoms with Crippen molar-refractivity contribution >= 4 is 17.9 Å². The molecule has 0 rings (SSSR count). The van der Waals surface area contributed by atoms with Gasteiger partial charge in [-0.2, -0.15) is 0 Å². The fraction of sp³-hybridized carbons (Fsp3) is 0.870. The summed E-state index contributed by atoms with van der Waals surface area (Å²) in [5.41, 5.74) is 0. The van der Waals surface area contributed by atoms with E-state index >= 15 is 0 Å². The van der Waals surface area contributed by atoms with E-state index in [0.717, 1.165) is 64.2 Å². The molecular formula is C54H100O6. The molecule has 60 heavy (non-hydrogen) atoms. The van der Waals surface area contributed by atoms with Crippen LogP contribution in [-0.4, -0.2) is 37.2 Å². The molecule has 0 radical (unpaired) electrons. The summed E-state index contributed by atoms with van der Waals surface area (Å²) in [7, 11) is 0. The number of unbranched alkanes of at least 4 members (excludes halogenated alkanes) is 33. The van der Waals surface area contributed by atoms with Crippen LogP contribution >= 0.6 is 0 Å². The molecule has 0 aliphatic heterocycles. The van der Waals surface area contributed by atoms with Gasteiger partial charge in [0.1, 0.15) is 13.2 Å². The number of ether oxygens (including phenoxy) is 3. The molecule has 0 spiro atoms. The molecule has 6 nitrogen and oxygen atoms in total. The van der Waals surface area contributed by atoms with E-state index in [0.29, 0.717) is 19.3 Å². The Morgan fingerprint density at radius 2 is 0.600 bits per heavy atom. The Kier molecular flexibility index (Phi) is 47.8. The lowest BCUT2D eigenvalue weighted by Gasteiger charge is -2.18. The van der Waals surface area contributed by atoms with Gasteiger partial charge in [-0.1, -0.05) is 238 Å². The summed E-state index contributed by atoms with van der Waals surface area (Å²) in [6, 6.07) is 0. The Bertz CT molecular complexity index is 973. The highest BCUT2D eigenvalue weighted by atomic mass is 16.6. The summed E-state index contributed by atoms with van der Waals surface area (Å²) in [4.78, 5) is 37.9. The number of allylic oxidation sites excluding steroid dienone is 4. The number of carbonyl (C=O) groups excluding carboxylic acids is 3. The van der Waals surface area contributed by atoms with Crippen molar-refractivity contribution < 1.29 is 28.6 Å². The predicted molar refractivity (Wildman–Crippen MR) is 256 cm³/mol. The first-order valence-electron chi connectivity index (χ1n) is 26.3. The number of carbonyl (C=O) groups is 3. The molecule has 0 aliphatic rings. The van der Waals surface area contributed by atoms with E-state index in [1.165, 1.54) is 180 Å². The molecule has 1 unspecified atom stereocenters. The van der Waals surface area contributed by atoms with Crippen LogP contribution in [-0.2, 0) is 28.6 Å². The minimum atomic E-state index is -0.765. The fourth-order valence-electron chi connectivity index (χ4n) is 7.71. The van der Waals surface area contributed by atoms with Gasteiger partial charge in [-0.15, -0.1) is 0 Å². The molecule has 1 atom stereocenters. The smallest absolute Gasteiger partial charge is 0.306 e. The van der Waals surface area contributed by atoms with Crippen molar-refractivity contribution in [3.8, 4) is 0 Å². The molecule has 352 valence electrons. The second kappa shape index (κ2) is 49.5. The summed E-state index contributed by atoms with van der Waals surface area (Å²) in [5.74, 6) is -0.862. The number of rotatable bonds is 48. The second-order valence-corrected chi connectivity index (χ2v) is 17.8. The first-order valence-corrected chi connectivity index (χ1v) is 26.3. The molecule has 0 saturated carbocycles. The van der Waals surface area contributed by atoms with Gasteiger partial charge in [-0.3, -0.25) is 14.4 Å². The molecule has 0 aromatic rings. The Morgan fingerprint density at radius 1 is 0.333 bits per heavy atom. The van der Waals surface area contributed by atoms with E-state index in [2.05, 4.69) is 45.1 Å². The fourth-order valence-corrected chi connectivity index (χ4v) is 7.71. The zero-order valence-corrected chi connectivity index (χ0v) is 40.2. The zero-order chi connectivity index (χ0) is 43.7. The average Bonchev–Trinajstić information content (AvgIpc) is 3.24. The Balaban J connectivity index is 4.24. The van der Waals surface area contributed by atoms with Crippen molar-refractivity contribution in [1.82, 2.24) is 0 Å². The van der Waals surface area contributed by atoms with Gasteiger partial charge in [-0.05, 0) is 51.4 Å². The van der Waals surface area contributed by atoms with Gasteiger partial charge in [0.25, 0.3) is 0 Å². The highest BCUT2D eigenvalue weighted by Crippen LogP contribution is 2.16. The maximum Gasteiger partial charge on any atom is 0.306 e. The Morgan fingerprint density at radius 3 is 0.950 bits per heavy atom. The van der Waals surface area contributed by atoms with Crippen LogP contribution in [0.1, 0.15) is 284 Å². The molecule has 0 N–H and O–H groups in total. The Hall–Kier alpha value is -2.11. The molecule has 0 saturated heterocycles. The van der Waals surface area contributed by atoms with Gasteiger partial charge >= 0.3 is 17.9 Å². The second-order valence-electron chi connectivity index (χ2n) is 17.8. The third-order valence-corrected chi connectivity index (χ3v) is 11.7. The van der Waals surface area contributed by atoms with Crippen molar-refractivity contribution in [2.75, 3.05) is 13.2 Å². The van der Waals surface area contributed by atoms with Crippen molar-refractivity contribution in [1.29, 1.82) is 0 Å². The van der Waals surface area contributed by atoms with Crippen LogP contribution in [0.5, 0.6) is 0 Å². The topological polar surface area (TPSA) is 78.9 Å². The molecule has 0 fully saturated rings. The van der Waals surface area contributed by atoms with Gasteiger partial charge < -0.3 is 14.2 Å². The summed E-state index contributed by atoms with van der Waals surface area (Å²) in [5, 5.41) is 0. The maximum atomic E-state index is 12.8. The molecule has 0 heterocycles. The van der Waals surface area contributed by atoms with E-state index in [-0.39, 0.29) is 31.1 Å². The van der Waals surface area contributed by atoms with Crippen LogP contribution in [0.2, 0.25) is 0 Å². The summed E-state index contributed by atoms with van der Waals surface area (Å²) >= 11 is 0. The van der Waals surface area contributed by atoms with Crippen molar-refractivity contribution in [3.63, 3.8) is 0 Å². The van der Waals surface area contributed by atoms with Gasteiger partial charge in [0.05, 0.1) is 0 Å². The predicted octanol–water partition coefficient (Wildman–Crippen LogP) is 17.2. The van der Waals surface area contributed by atoms with E-state index in [1.807, 2.05) is 0 Å². The maximum absolute atomic E-state index is 12.8. The summed E-state index contributed by atoms with van der Waals surface area (Å²) in [6.07, 6.45) is 56.0. The normalized spacial score (nSPS) is 12.1. The third-order valence-electron chi connectivity index (χ3n) is 11.7. The summed E-state index contributed by atoms with van der Waals surface area (Å²) in [6.45, 7) is 6.61. The van der Waals surface area contributed by atoms with Crippen molar-refractivity contribution in [3.05, 3.63) is 24.3 Å². The monoisotopic (exact) mass is 845 g/mol. The summed E-state index contributed by atoms with van der Waals surface area (Å²) < 4.78 is 16.8. The lowest BCUT2D eigenvalue weighted by atomic mass is 10.0. The van der Waals surface area contributed by atoms with Crippen LogP contribution < -0.4 is 0 Å². The third kappa shape index (κ3) is 46.9. The average molecular weight is 845 g/mol. The largest absolute Gasteiger partial charge is 0.462 e. The number of hydrogen-bond acceptors (Lipinski definition) is 6. The van der Waals surface area contributed by atoms with Crippen molar-refractivity contribution in [2.45, 2.75) is 290 Å². The van der Waals surface area contributed by atoms with Crippen LogP contribution in [0, 0.1) is 0 Å². The number of esters is 3. The zero-order valence-electron chi connectivity index (χ0n) is 40.2. The quantitative estimate of drug-likeness (QED) is 0.0263. The van der Waals surface area contributed by atoms with Crippen LogP contribution in [0.25, 0.3) is 0 Å². The van der Waals surface area contributed by atoms with Crippen LogP contribution in [0.4, 0.5) is 0 Å². The lowest BCUT2D eigenvalue weighted by Crippen LogP contribution is -2.30. The number of hydrogen-bond donors (Lipinski definition) is 0. The molecule has 0 bridgehead atoms. The van der Waals surface area contributed by atoms with Gasteiger partial charge in [0, 0.05) is 19.3 Å². The SMILES string of the molecule is CCCCC/C=C\C/C=C\CCCCCCCCCCCC(=O)OCC(COC(=O)CCCCCCCCCC)OC(=O)CCCCCCCCCCCCCCCCC. The first-order chi connectivity index (χ1) is 29.5. The minimum absolute atomic E-state index is 0.0682. The van der Waals surface area contributed by atoms with E-state index in [4.69, 9.17) is 14.2 Å². The van der Waals surface area contributed by atoms with E-state index in [1.54, 1.807) is 0 Å². The first kappa shape index (κ1) is 57.9. The minimum Gasteiger partial charge on any atom is -0.462 e. The molecule has 0 amide bonds. The Labute approximate surface area is 373 Å². The van der Waals surface area contributed by atoms with Gasteiger partial charge in [0.2, 0.25) is 0 Å². The van der Waals surface area contributed by atoms with Crippen molar-refractivity contribution in [2.24, 2.45) is 0 Å². The molecular weight excluding hydrogens is 745 g/mol. The highest BCUT2D eigenvalue weighted by molar-refractivity contribution is 5.71. The standard InChI is InChI=1S/C54H100O6/c1-4-7-10-13-16-19-21-23-25-26-27-28-30-31-33-35-38-41-44-47-53(56)59-50-51(49-58-52(55)46-43-40-37-18-15-12-9-6-3)60-54(57)48-45-42-39-36-34-32-29-24-22-20-17-14-11-8-5-2/h16,19,23,25,51H,4-15,17-18,20-22,24,26-50H2,1-3H3/b19-16-,25-23-. The molecule has 6 heteroatoms. The highest BCUT2D eigenvalue weighted by Gasteiger charge is 2.19. The molecule has 0 aliphatic carbocycles. The van der Waals surface area contributed by atoms with E-state index < -0.39 is 6.10 Å². The van der Waals surface area contributed by atoms with E-state index in [9.17, 15) is 14.4 Å². The molecule has 0 aromatic carbocycles. The van der Waals surface area contributed by atoms with Gasteiger partial charge in [-0.25, -0.2) is 0 Å². The molecule has 0 aromatic heterocycles.